The number of nitrogens with two attached hydrogens (primary N) is 1. The molecule has 8 heteroatoms. The van der Waals surface area contributed by atoms with Crippen LogP contribution in [0, 0.1) is 26.7 Å². The van der Waals surface area contributed by atoms with Gasteiger partial charge in [0.05, 0.1) is 11.7 Å². The Hall–Kier alpha value is -3.65. The first-order valence-corrected chi connectivity index (χ1v) is 12.5. The lowest BCUT2D eigenvalue weighted by Gasteiger charge is -2.30. The molecule has 0 aliphatic heterocycles. The highest BCUT2D eigenvalue weighted by Gasteiger charge is 2.40. The third kappa shape index (κ3) is 6.02. The maximum Gasteiger partial charge on any atom is 0.347 e. The minimum Gasteiger partial charge on any atom is -0.478 e. The van der Waals surface area contributed by atoms with Crippen molar-refractivity contribution in [2.45, 2.75) is 72.2 Å². The minimum absolute atomic E-state index is 0.222. The molecule has 1 aliphatic carbocycles. The molecule has 1 saturated carbocycles. The van der Waals surface area contributed by atoms with E-state index in [1.54, 1.807) is 0 Å². The zero-order valence-electron chi connectivity index (χ0n) is 22.1. The molecular formula is C29H35N3O5. The van der Waals surface area contributed by atoms with Crippen molar-refractivity contribution < 1.29 is 23.8 Å². The lowest BCUT2D eigenvalue weighted by atomic mass is 10.0. The number of rotatable bonds is 11. The van der Waals surface area contributed by atoms with E-state index in [0.29, 0.717) is 30.5 Å². The Morgan fingerprint density at radius 2 is 1.76 bits per heavy atom. The third-order valence-corrected chi connectivity index (χ3v) is 6.80. The number of ether oxygens (including phenoxy) is 1. The summed E-state index contributed by atoms with van der Waals surface area (Å²) in [6, 6.07) is 13.2. The SMILES string of the molecule is Cc1cc(CN(Cc2nc(-c3ccccc3)oc2C)C(C(N)=O)C2CC2)cc(C)c1OC(C)(C)C(=O)O. The van der Waals surface area contributed by atoms with Crippen molar-refractivity contribution in [3.8, 4) is 17.2 Å². The largest absolute Gasteiger partial charge is 0.478 e. The Bertz CT molecular complexity index is 1270. The van der Waals surface area contributed by atoms with Gasteiger partial charge < -0.3 is 20.0 Å². The molecule has 37 heavy (non-hydrogen) atoms. The maximum absolute atomic E-state index is 12.6. The summed E-state index contributed by atoms with van der Waals surface area (Å²) in [6.07, 6.45) is 1.93. The number of aliphatic carboxylic acids is 1. The van der Waals surface area contributed by atoms with Crippen molar-refractivity contribution in [1.29, 1.82) is 0 Å². The molecule has 0 bridgehead atoms. The van der Waals surface area contributed by atoms with Crippen LogP contribution in [0.2, 0.25) is 0 Å². The first kappa shape index (κ1) is 26.4. The number of oxazole rings is 1. The molecule has 1 aromatic heterocycles. The Labute approximate surface area is 217 Å². The summed E-state index contributed by atoms with van der Waals surface area (Å²) in [5.41, 5.74) is 8.84. The molecule has 4 rings (SSSR count). The van der Waals surface area contributed by atoms with Gasteiger partial charge in [-0.2, -0.15) is 0 Å². The van der Waals surface area contributed by atoms with Crippen molar-refractivity contribution in [3.63, 3.8) is 0 Å². The molecule has 0 spiro atoms. The summed E-state index contributed by atoms with van der Waals surface area (Å²) >= 11 is 0. The molecule has 8 nitrogen and oxygen atoms in total. The number of hydrogen-bond donors (Lipinski definition) is 2. The first-order chi connectivity index (χ1) is 17.5. The number of carboxylic acids is 1. The highest BCUT2D eigenvalue weighted by Crippen LogP contribution is 2.37. The van der Waals surface area contributed by atoms with Crippen LogP contribution in [-0.4, -0.2) is 38.5 Å². The first-order valence-electron chi connectivity index (χ1n) is 12.5. The predicted molar refractivity (Wildman–Crippen MR) is 140 cm³/mol. The second-order valence-corrected chi connectivity index (χ2v) is 10.5. The molecule has 196 valence electrons. The fourth-order valence-corrected chi connectivity index (χ4v) is 4.67. The van der Waals surface area contributed by atoms with E-state index in [1.165, 1.54) is 13.8 Å². The Kier molecular flexibility index (Phi) is 7.41. The summed E-state index contributed by atoms with van der Waals surface area (Å²) in [7, 11) is 0. The number of hydrogen-bond acceptors (Lipinski definition) is 6. The molecule has 1 fully saturated rings. The zero-order chi connectivity index (χ0) is 26.9. The van der Waals surface area contributed by atoms with Crippen LogP contribution >= 0.6 is 0 Å². The van der Waals surface area contributed by atoms with Gasteiger partial charge in [-0.1, -0.05) is 30.3 Å². The predicted octanol–water partition coefficient (Wildman–Crippen LogP) is 4.77. The Balaban J connectivity index is 1.64. The molecule has 1 aliphatic rings. The third-order valence-electron chi connectivity index (χ3n) is 6.80. The van der Waals surface area contributed by atoms with E-state index in [2.05, 4.69) is 4.90 Å². The lowest BCUT2D eigenvalue weighted by Crippen LogP contribution is -2.45. The van der Waals surface area contributed by atoms with Crippen LogP contribution in [0.1, 0.15) is 54.8 Å². The van der Waals surface area contributed by atoms with Crippen molar-refractivity contribution in [1.82, 2.24) is 9.88 Å². The van der Waals surface area contributed by atoms with E-state index < -0.39 is 17.6 Å². The van der Waals surface area contributed by atoms with E-state index in [9.17, 15) is 14.7 Å². The van der Waals surface area contributed by atoms with Crippen LogP contribution in [0.5, 0.6) is 5.75 Å². The van der Waals surface area contributed by atoms with Gasteiger partial charge in [0.2, 0.25) is 11.8 Å². The Morgan fingerprint density at radius 3 is 2.30 bits per heavy atom. The highest BCUT2D eigenvalue weighted by atomic mass is 16.5. The molecule has 1 atom stereocenters. The van der Waals surface area contributed by atoms with Crippen molar-refractivity contribution in [2.75, 3.05) is 0 Å². The number of amides is 1. The van der Waals surface area contributed by atoms with Crippen molar-refractivity contribution >= 4 is 11.9 Å². The number of aromatic nitrogens is 1. The van der Waals surface area contributed by atoms with Crippen LogP contribution in [0.25, 0.3) is 11.5 Å². The van der Waals surface area contributed by atoms with E-state index >= 15 is 0 Å². The Morgan fingerprint density at radius 1 is 1.14 bits per heavy atom. The van der Waals surface area contributed by atoms with Gasteiger partial charge in [0.1, 0.15) is 11.5 Å². The summed E-state index contributed by atoms with van der Waals surface area (Å²) in [5.74, 6) is 0.645. The van der Waals surface area contributed by atoms with Crippen LogP contribution in [-0.2, 0) is 22.7 Å². The van der Waals surface area contributed by atoms with E-state index in [1.807, 2.05) is 63.2 Å². The number of carbonyl (C=O) groups excluding carboxylic acids is 1. The van der Waals surface area contributed by atoms with Gasteiger partial charge in [0, 0.05) is 18.7 Å². The van der Waals surface area contributed by atoms with Gasteiger partial charge in [0.15, 0.2) is 5.60 Å². The van der Waals surface area contributed by atoms with Gasteiger partial charge in [-0.3, -0.25) is 9.69 Å². The highest BCUT2D eigenvalue weighted by molar-refractivity contribution is 5.80. The fraction of sp³-hybridized carbons (Fsp3) is 0.414. The number of nitrogens with zero attached hydrogens (tertiary/aromatic N) is 2. The van der Waals surface area contributed by atoms with Gasteiger partial charge in [-0.15, -0.1) is 0 Å². The van der Waals surface area contributed by atoms with E-state index in [-0.39, 0.29) is 11.8 Å². The number of carbonyl (C=O) groups is 2. The average molecular weight is 506 g/mol. The van der Waals surface area contributed by atoms with Crippen molar-refractivity contribution in [3.05, 3.63) is 70.6 Å². The number of carboxylic acid groups (broad SMARTS) is 1. The topological polar surface area (TPSA) is 119 Å². The fourth-order valence-electron chi connectivity index (χ4n) is 4.67. The van der Waals surface area contributed by atoms with Crippen LogP contribution in [0.15, 0.2) is 46.9 Å². The normalized spacial score (nSPS) is 14.5. The summed E-state index contributed by atoms with van der Waals surface area (Å²) < 4.78 is 11.8. The molecule has 2 aromatic carbocycles. The quantitative estimate of drug-likeness (QED) is 0.385. The van der Waals surface area contributed by atoms with Crippen molar-refractivity contribution in [2.24, 2.45) is 11.7 Å². The summed E-state index contributed by atoms with van der Waals surface area (Å²) in [6.45, 7) is 9.62. The standard InChI is InChI=1S/C29H35N3O5/c1-17-13-20(14-18(2)25(17)37-29(4,5)28(34)35)15-32(24(26(30)33)21-11-12-21)16-23-19(3)36-27(31-23)22-9-7-6-8-10-22/h6-10,13-14,21,24H,11-12,15-16H2,1-5H3,(H2,30,33)(H,34,35). The zero-order valence-corrected chi connectivity index (χ0v) is 22.1. The average Bonchev–Trinajstić information content (AvgIpc) is 3.58. The maximum atomic E-state index is 12.6. The van der Waals surface area contributed by atoms with Gasteiger partial charge in [-0.25, -0.2) is 9.78 Å². The number of aryl methyl sites for hydroxylation is 3. The molecule has 0 saturated heterocycles. The van der Waals surface area contributed by atoms with Crippen LogP contribution < -0.4 is 10.5 Å². The lowest BCUT2D eigenvalue weighted by molar-refractivity contribution is -0.152. The number of primary amides is 1. The molecular weight excluding hydrogens is 470 g/mol. The summed E-state index contributed by atoms with van der Waals surface area (Å²) in [4.78, 5) is 31.0. The second kappa shape index (κ2) is 10.4. The smallest absolute Gasteiger partial charge is 0.347 e. The van der Waals surface area contributed by atoms with Gasteiger partial charge in [-0.05, 0) is 82.2 Å². The van der Waals surface area contributed by atoms with E-state index in [4.69, 9.17) is 19.9 Å². The molecule has 1 heterocycles. The minimum atomic E-state index is -1.35. The number of benzene rings is 2. The van der Waals surface area contributed by atoms with Gasteiger partial charge in [0.25, 0.3) is 0 Å². The van der Waals surface area contributed by atoms with Crippen LogP contribution in [0.4, 0.5) is 0 Å². The van der Waals surface area contributed by atoms with E-state index in [0.717, 1.165) is 40.8 Å². The summed E-state index contributed by atoms with van der Waals surface area (Å²) in [5, 5.41) is 9.48. The van der Waals surface area contributed by atoms with Gasteiger partial charge >= 0.3 is 5.97 Å². The molecule has 3 aromatic rings. The second-order valence-electron chi connectivity index (χ2n) is 10.5. The molecule has 3 N–H and O–H groups in total. The molecule has 0 radical (unpaired) electrons. The monoisotopic (exact) mass is 505 g/mol. The van der Waals surface area contributed by atoms with Crippen LogP contribution in [0.3, 0.4) is 0 Å². The molecule has 1 unspecified atom stereocenters. The molecule has 1 amide bonds.